The molecule has 0 atom stereocenters. The number of para-hydroxylation sites is 2. The van der Waals surface area contributed by atoms with Gasteiger partial charge < -0.3 is 26.2 Å². The average molecular weight is 627 g/mol. The molecule has 0 unspecified atom stereocenters. The number of halogens is 1. The van der Waals surface area contributed by atoms with E-state index in [1.54, 1.807) is 23.2 Å². The van der Waals surface area contributed by atoms with Crippen molar-refractivity contribution in [3.8, 4) is 0 Å². The lowest BCUT2D eigenvalue weighted by Gasteiger charge is -2.37. The molecule has 3 aromatic carbocycles. The lowest BCUT2D eigenvalue weighted by molar-refractivity contribution is -0.133. The number of hydrogen-bond acceptors (Lipinski definition) is 6. The quantitative estimate of drug-likeness (QED) is 0.245. The molecule has 3 amide bonds. The van der Waals surface area contributed by atoms with Crippen molar-refractivity contribution in [1.82, 2.24) is 15.2 Å². The van der Waals surface area contributed by atoms with Crippen LogP contribution in [0.4, 0.5) is 11.4 Å². The highest BCUT2D eigenvalue weighted by Gasteiger charge is 2.23. The van der Waals surface area contributed by atoms with Crippen molar-refractivity contribution in [1.29, 1.82) is 0 Å². The van der Waals surface area contributed by atoms with E-state index in [0.29, 0.717) is 56.8 Å². The van der Waals surface area contributed by atoms with Gasteiger partial charge in [-0.15, -0.1) is 0 Å². The monoisotopic (exact) mass is 626 g/mol. The van der Waals surface area contributed by atoms with Crippen molar-refractivity contribution in [2.24, 2.45) is 5.73 Å². The van der Waals surface area contributed by atoms with Crippen molar-refractivity contribution in [2.75, 3.05) is 42.9 Å². The van der Waals surface area contributed by atoms with Crippen molar-refractivity contribution in [2.45, 2.75) is 26.3 Å². The van der Waals surface area contributed by atoms with Crippen LogP contribution in [0, 0.1) is 6.92 Å². The number of nitrogens with one attached hydrogen (secondary N) is 2. The fraction of sp³-hybridized carbons (Fsp3) is 0.257. The van der Waals surface area contributed by atoms with Crippen LogP contribution >= 0.6 is 11.6 Å². The fourth-order valence-corrected chi connectivity index (χ4v) is 5.03. The number of nitrogens with two attached hydrogens (primary N) is 1. The third-order valence-corrected chi connectivity index (χ3v) is 7.71. The van der Waals surface area contributed by atoms with Crippen molar-refractivity contribution in [3.63, 3.8) is 0 Å². The fourth-order valence-electron chi connectivity index (χ4n) is 4.90. The first-order valence-electron chi connectivity index (χ1n) is 14.9. The molecule has 0 aliphatic carbocycles. The highest BCUT2D eigenvalue weighted by atomic mass is 35.5. The number of benzene rings is 3. The summed E-state index contributed by atoms with van der Waals surface area (Å²) in [6.07, 6.45) is 4.04. The molecule has 0 radical (unpaired) electrons. The van der Waals surface area contributed by atoms with Gasteiger partial charge in [0.15, 0.2) is 0 Å². The van der Waals surface area contributed by atoms with Crippen LogP contribution in [-0.4, -0.2) is 60.3 Å². The van der Waals surface area contributed by atoms with Gasteiger partial charge in [-0.1, -0.05) is 65.7 Å². The van der Waals surface area contributed by atoms with Gasteiger partial charge in [-0.05, 0) is 60.9 Å². The summed E-state index contributed by atoms with van der Waals surface area (Å²) in [5.41, 5.74) is 11.2. The number of aryl methyl sites for hydroxylation is 2. The van der Waals surface area contributed by atoms with Gasteiger partial charge in [0.1, 0.15) is 0 Å². The summed E-state index contributed by atoms with van der Waals surface area (Å²) < 4.78 is 0. The maximum Gasteiger partial charge on any atom is 0.257 e. The lowest BCUT2D eigenvalue weighted by atomic mass is 10.0. The molecule has 234 valence electrons. The van der Waals surface area contributed by atoms with Crippen LogP contribution in [-0.2, 0) is 22.6 Å². The Morgan fingerprint density at radius 2 is 1.56 bits per heavy atom. The topological polar surface area (TPSA) is 121 Å². The van der Waals surface area contributed by atoms with Crippen molar-refractivity contribution >= 4 is 40.7 Å². The van der Waals surface area contributed by atoms with Crippen LogP contribution < -0.4 is 21.3 Å². The molecule has 1 aliphatic rings. The molecule has 45 heavy (non-hydrogen) atoms. The minimum atomic E-state index is -0.225. The molecule has 1 saturated heterocycles. The molecule has 2 heterocycles. The third-order valence-electron chi connectivity index (χ3n) is 7.46. The van der Waals surface area contributed by atoms with Gasteiger partial charge in [-0.3, -0.25) is 19.4 Å². The first kappa shape index (κ1) is 33.2. The molecule has 5 rings (SSSR count). The summed E-state index contributed by atoms with van der Waals surface area (Å²) in [6, 6.07) is 26.6. The molecule has 4 aromatic rings. The number of hydrogen-bond donors (Lipinski definition) is 3. The zero-order valence-electron chi connectivity index (χ0n) is 25.4. The summed E-state index contributed by atoms with van der Waals surface area (Å²) >= 11 is 5.61. The Morgan fingerprint density at radius 1 is 0.867 bits per heavy atom. The minimum absolute atomic E-state index is 0.0187. The summed E-state index contributed by atoms with van der Waals surface area (Å²) in [5.74, 6) is -0.484. The van der Waals surface area contributed by atoms with E-state index in [2.05, 4.69) is 20.5 Å². The number of pyridine rings is 1. The SMILES string of the molecule is Cc1ccc(Cl)cc1.NCc1ccccc1CCC(=O)NCC(=O)N1CCN(c2ccccc2NC(=O)c2cccnc2)CC1. The van der Waals surface area contributed by atoms with Gasteiger partial charge in [0.25, 0.3) is 5.91 Å². The molecule has 0 saturated carbocycles. The predicted molar refractivity (Wildman–Crippen MR) is 179 cm³/mol. The van der Waals surface area contributed by atoms with Gasteiger partial charge in [-0.2, -0.15) is 0 Å². The number of rotatable bonds is 9. The normalized spacial score (nSPS) is 12.5. The number of anilines is 2. The van der Waals surface area contributed by atoms with E-state index in [9.17, 15) is 14.4 Å². The number of amides is 3. The highest BCUT2D eigenvalue weighted by Crippen LogP contribution is 2.27. The molecule has 4 N–H and O–H groups in total. The van der Waals surface area contributed by atoms with Crippen LogP contribution in [0.2, 0.25) is 5.02 Å². The predicted octanol–water partition coefficient (Wildman–Crippen LogP) is 4.84. The lowest BCUT2D eigenvalue weighted by Crippen LogP contribution is -2.51. The highest BCUT2D eigenvalue weighted by molar-refractivity contribution is 6.30. The Kier molecular flexibility index (Phi) is 12.5. The molecular weight excluding hydrogens is 588 g/mol. The largest absolute Gasteiger partial charge is 0.366 e. The van der Waals surface area contributed by atoms with E-state index in [4.69, 9.17) is 17.3 Å². The second-order valence-corrected chi connectivity index (χ2v) is 11.1. The Hall–Kier alpha value is -4.73. The molecule has 1 aromatic heterocycles. The first-order valence-corrected chi connectivity index (χ1v) is 15.3. The van der Waals surface area contributed by atoms with E-state index in [-0.39, 0.29) is 24.3 Å². The summed E-state index contributed by atoms with van der Waals surface area (Å²) in [5, 5.41) is 6.52. The second kappa shape index (κ2) is 16.9. The molecular formula is C35H39ClN6O3. The van der Waals surface area contributed by atoms with Crippen LogP contribution in [0.5, 0.6) is 0 Å². The summed E-state index contributed by atoms with van der Waals surface area (Å²) in [6.45, 7) is 4.76. The summed E-state index contributed by atoms with van der Waals surface area (Å²) in [7, 11) is 0. The number of carbonyl (C=O) groups excluding carboxylic acids is 3. The van der Waals surface area contributed by atoms with Gasteiger partial charge >= 0.3 is 0 Å². The number of piperazine rings is 1. The molecule has 1 aliphatic heterocycles. The first-order chi connectivity index (χ1) is 21.8. The molecule has 1 fully saturated rings. The van der Waals surface area contributed by atoms with Crippen LogP contribution in [0.15, 0.2) is 97.3 Å². The Balaban J connectivity index is 0.000000501. The van der Waals surface area contributed by atoms with Gasteiger partial charge in [0.05, 0.1) is 23.5 Å². The van der Waals surface area contributed by atoms with Crippen LogP contribution in [0.25, 0.3) is 0 Å². The Morgan fingerprint density at radius 3 is 2.22 bits per heavy atom. The molecule has 0 spiro atoms. The van der Waals surface area contributed by atoms with Gasteiger partial charge in [-0.25, -0.2) is 0 Å². The van der Waals surface area contributed by atoms with E-state index in [1.165, 1.54) is 11.8 Å². The average Bonchev–Trinajstić information content (AvgIpc) is 3.08. The standard InChI is InChI=1S/C28H32N6O3.C7H7Cl/c29-18-22-7-2-1-6-21(22)11-12-26(35)31-20-27(36)34-16-14-33(15-17-34)25-10-4-3-9-24(25)32-28(37)23-8-5-13-30-19-23;1-6-2-4-7(8)5-3-6/h1-10,13,19H,11-12,14-18,20,29H2,(H,31,35)(H,32,37);2-5H,1H3. The second-order valence-electron chi connectivity index (χ2n) is 10.6. The van der Waals surface area contributed by atoms with E-state index < -0.39 is 0 Å². The van der Waals surface area contributed by atoms with E-state index >= 15 is 0 Å². The van der Waals surface area contributed by atoms with Gasteiger partial charge in [0.2, 0.25) is 11.8 Å². The minimum Gasteiger partial charge on any atom is -0.366 e. The number of carbonyl (C=O) groups is 3. The molecule has 0 bridgehead atoms. The number of nitrogens with zero attached hydrogens (tertiary/aromatic N) is 3. The van der Waals surface area contributed by atoms with Crippen molar-refractivity contribution in [3.05, 3.63) is 125 Å². The zero-order valence-corrected chi connectivity index (χ0v) is 26.2. The van der Waals surface area contributed by atoms with Crippen molar-refractivity contribution < 1.29 is 14.4 Å². The van der Waals surface area contributed by atoms with Gasteiger partial charge in [0, 0.05) is 56.6 Å². The van der Waals surface area contributed by atoms with E-state index in [0.717, 1.165) is 21.8 Å². The Bertz CT molecular complexity index is 1540. The number of aromatic nitrogens is 1. The Labute approximate surface area is 269 Å². The van der Waals surface area contributed by atoms with E-state index in [1.807, 2.05) is 79.7 Å². The maximum absolute atomic E-state index is 12.7. The van der Waals surface area contributed by atoms with Crippen LogP contribution in [0.3, 0.4) is 0 Å². The smallest absolute Gasteiger partial charge is 0.257 e. The van der Waals surface area contributed by atoms with Crippen LogP contribution in [0.1, 0.15) is 33.5 Å². The zero-order chi connectivity index (χ0) is 32.0. The molecule has 9 nitrogen and oxygen atoms in total. The third kappa shape index (κ3) is 10.2. The molecule has 10 heteroatoms. The maximum atomic E-state index is 12.7. The summed E-state index contributed by atoms with van der Waals surface area (Å²) in [4.78, 5) is 45.5.